The first-order valence-corrected chi connectivity index (χ1v) is 12.6. The van der Waals surface area contributed by atoms with E-state index in [4.69, 9.17) is 9.47 Å². The van der Waals surface area contributed by atoms with Crippen LogP contribution in [-0.2, 0) is 4.74 Å². The highest BCUT2D eigenvalue weighted by Gasteiger charge is 2.17. The summed E-state index contributed by atoms with van der Waals surface area (Å²) >= 11 is 0. The lowest BCUT2D eigenvalue weighted by Gasteiger charge is -2.19. The number of carbonyl (C=O) groups is 2. The molecule has 0 bridgehead atoms. The number of aromatic nitrogens is 2. The number of ether oxygens (including phenoxy) is 2. The van der Waals surface area contributed by atoms with Crippen LogP contribution < -0.4 is 20.9 Å². The summed E-state index contributed by atoms with van der Waals surface area (Å²) in [6, 6.07) is 14.6. The first-order valence-electron chi connectivity index (χ1n) is 12.6. The van der Waals surface area contributed by atoms with Crippen molar-refractivity contribution in [2.24, 2.45) is 0 Å². The molecule has 0 spiro atoms. The van der Waals surface area contributed by atoms with Crippen molar-refractivity contribution in [1.82, 2.24) is 25.7 Å². The second-order valence-corrected chi connectivity index (χ2v) is 9.48. The SMILES string of the molecule is CCN(CC)CCOc1ccc(Nc2ncc(-c3ccc(C(=O)NNC(=O)OC(C)(C)C)cc3)cn2)cc1. The molecule has 0 fully saturated rings. The molecule has 2 amide bonds. The van der Waals surface area contributed by atoms with Gasteiger partial charge in [-0.3, -0.25) is 10.2 Å². The number of anilines is 2. The van der Waals surface area contributed by atoms with Gasteiger partial charge in [-0.15, -0.1) is 0 Å². The summed E-state index contributed by atoms with van der Waals surface area (Å²) in [5.74, 6) is 0.823. The van der Waals surface area contributed by atoms with Gasteiger partial charge in [-0.1, -0.05) is 26.0 Å². The minimum Gasteiger partial charge on any atom is -0.492 e. The standard InChI is InChI=1S/C28H36N6O4/c1-6-34(7-2)16-17-37-24-14-12-23(13-15-24)31-26-29-18-22(19-30-26)20-8-10-21(11-9-20)25(35)32-33-27(36)38-28(3,4)5/h8-15,18-19H,6-7,16-17H2,1-5H3,(H,32,35)(H,33,36)(H,29,30,31). The Morgan fingerprint density at radius 1 is 0.868 bits per heavy atom. The third-order valence-electron chi connectivity index (χ3n) is 5.49. The third kappa shape index (κ3) is 9.04. The lowest BCUT2D eigenvalue weighted by atomic mass is 10.1. The highest BCUT2D eigenvalue weighted by molar-refractivity contribution is 5.95. The second kappa shape index (κ2) is 13.4. The summed E-state index contributed by atoms with van der Waals surface area (Å²) in [7, 11) is 0. The summed E-state index contributed by atoms with van der Waals surface area (Å²) in [6.07, 6.45) is 2.68. The Hall–Kier alpha value is -4.18. The molecule has 1 aromatic heterocycles. The van der Waals surface area contributed by atoms with Crippen molar-refractivity contribution in [2.75, 3.05) is 31.6 Å². The zero-order valence-corrected chi connectivity index (χ0v) is 22.6. The number of hydrogen-bond acceptors (Lipinski definition) is 8. The van der Waals surface area contributed by atoms with Crippen molar-refractivity contribution in [3.8, 4) is 16.9 Å². The quantitative estimate of drug-likeness (QED) is 0.327. The topological polar surface area (TPSA) is 118 Å². The van der Waals surface area contributed by atoms with E-state index < -0.39 is 17.6 Å². The van der Waals surface area contributed by atoms with E-state index in [9.17, 15) is 9.59 Å². The number of hydrogen-bond donors (Lipinski definition) is 3. The molecular formula is C28H36N6O4. The highest BCUT2D eigenvalue weighted by atomic mass is 16.6. The summed E-state index contributed by atoms with van der Waals surface area (Å²) in [5, 5.41) is 3.18. The van der Waals surface area contributed by atoms with Crippen LogP contribution >= 0.6 is 0 Å². The molecular weight excluding hydrogens is 484 g/mol. The molecule has 0 aliphatic carbocycles. The maximum Gasteiger partial charge on any atom is 0.426 e. The molecule has 3 N–H and O–H groups in total. The Labute approximate surface area is 223 Å². The van der Waals surface area contributed by atoms with E-state index in [1.54, 1.807) is 57.4 Å². The van der Waals surface area contributed by atoms with Gasteiger partial charge in [0.05, 0.1) is 0 Å². The van der Waals surface area contributed by atoms with Gasteiger partial charge < -0.3 is 19.7 Å². The van der Waals surface area contributed by atoms with Crippen LogP contribution in [-0.4, -0.2) is 58.7 Å². The first kappa shape index (κ1) is 28.4. The van der Waals surface area contributed by atoms with Crippen molar-refractivity contribution in [3.63, 3.8) is 0 Å². The second-order valence-electron chi connectivity index (χ2n) is 9.48. The molecule has 0 saturated heterocycles. The van der Waals surface area contributed by atoms with Crippen molar-refractivity contribution in [1.29, 1.82) is 0 Å². The summed E-state index contributed by atoms with van der Waals surface area (Å²) in [6.45, 7) is 13.1. The molecule has 3 rings (SSSR count). The molecule has 2 aromatic carbocycles. The maximum atomic E-state index is 12.3. The number of likely N-dealkylation sites (N-methyl/N-ethyl adjacent to an activating group) is 1. The average molecular weight is 521 g/mol. The van der Waals surface area contributed by atoms with E-state index in [2.05, 4.69) is 44.9 Å². The smallest absolute Gasteiger partial charge is 0.426 e. The molecule has 0 radical (unpaired) electrons. The molecule has 10 nitrogen and oxygen atoms in total. The third-order valence-corrected chi connectivity index (χ3v) is 5.49. The Balaban J connectivity index is 1.50. The fourth-order valence-corrected chi connectivity index (χ4v) is 3.44. The van der Waals surface area contributed by atoms with E-state index >= 15 is 0 Å². The monoisotopic (exact) mass is 520 g/mol. The molecule has 0 aliphatic heterocycles. The Morgan fingerprint density at radius 3 is 2.08 bits per heavy atom. The predicted octanol–water partition coefficient (Wildman–Crippen LogP) is 4.78. The van der Waals surface area contributed by atoms with E-state index in [1.807, 2.05) is 24.3 Å². The van der Waals surface area contributed by atoms with Crippen LogP contribution in [0.2, 0.25) is 0 Å². The minimum absolute atomic E-state index is 0.379. The van der Waals surface area contributed by atoms with Crippen LogP contribution in [0.3, 0.4) is 0 Å². The average Bonchev–Trinajstić information content (AvgIpc) is 2.90. The van der Waals surface area contributed by atoms with Gasteiger partial charge in [0.2, 0.25) is 5.95 Å². The zero-order chi connectivity index (χ0) is 27.5. The molecule has 3 aromatic rings. The molecule has 10 heteroatoms. The van der Waals surface area contributed by atoms with E-state index in [1.165, 1.54) is 0 Å². The van der Waals surface area contributed by atoms with Gasteiger partial charge >= 0.3 is 6.09 Å². The number of nitrogens with one attached hydrogen (secondary N) is 3. The Morgan fingerprint density at radius 2 is 1.50 bits per heavy atom. The first-order chi connectivity index (χ1) is 18.2. The van der Waals surface area contributed by atoms with Gasteiger partial charge in [0, 0.05) is 35.8 Å². The molecule has 0 unspecified atom stereocenters. The van der Waals surface area contributed by atoms with Gasteiger partial charge in [0.1, 0.15) is 18.0 Å². The number of benzene rings is 2. The number of hydrazine groups is 1. The van der Waals surface area contributed by atoms with Gasteiger partial charge in [-0.05, 0) is 75.8 Å². The van der Waals surface area contributed by atoms with Gasteiger partial charge in [-0.2, -0.15) is 0 Å². The van der Waals surface area contributed by atoms with Crippen LogP contribution in [0, 0.1) is 0 Å². The Bertz CT molecular complexity index is 1170. The molecule has 0 saturated carbocycles. The zero-order valence-electron chi connectivity index (χ0n) is 22.6. The minimum atomic E-state index is -0.733. The maximum absolute atomic E-state index is 12.3. The fourth-order valence-electron chi connectivity index (χ4n) is 3.44. The normalized spacial score (nSPS) is 11.1. The van der Waals surface area contributed by atoms with Crippen molar-refractivity contribution in [3.05, 3.63) is 66.5 Å². The summed E-state index contributed by atoms with van der Waals surface area (Å²) in [4.78, 5) is 35.1. The molecule has 0 atom stereocenters. The molecule has 38 heavy (non-hydrogen) atoms. The van der Waals surface area contributed by atoms with E-state index in [0.717, 1.165) is 42.2 Å². The lowest BCUT2D eigenvalue weighted by Crippen LogP contribution is -2.44. The summed E-state index contributed by atoms with van der Waals surface area (Å²) < 4.78 is 10.9. The van der Waals surface area contributed by atoms with Crippen molar-refractivity contribution in [2.45, 2.75) is 40.2 Å². The number of amides is 2. The number of nitrogens with zero attached hydrogens (tertiary/aromatic N) is 3. The fraction of sp³-hybridized carbons (Fsp3) is 0.357. The molecule has 0 aliphatic rings. The van der Waals surface area contributed by atoms with E-state index in [0.29, 0.717) is 18.1 Å². The van der Waals surface area contributed by atoms with Gasteiger partial charge in [0.25, 0.3) is 5.91 Å². The van der Waals surface area contributed by atoms with E-state index in [-0.39, 0.29) is 0 Å². The largest absolute Gasteiger partial charge is 0.492 e. The highest BCUT2D eigenvalue weighted by Crippen LogP contribution is 2.21. The number of rotatable bonds is 10. The van der Waals surface area contributed by atoms with Crippen LogP contribution in [0.4, 0.5) is 16.4 Å². The molecule has 202 valence electrons. The molecule has 1 heterocycles. The lowest BCUT2D eigenvalue weighted by molar-refractivity contribution is 0.0483. The van der Waals surface area contributed by atoms with Crippen molar-refractivity contribution < 1.29 is 19.1 Å². The van der Waals surface area contributed by atoms with Gasteiger partial charge in [0.15, 0.2) is 0 Å². The van der Waals surface area contributed by atoms with Gasteiger partial charge in [-0.25, -0.2) is 20.2 Å². The van der Waals surface area contributed by atoms with Crippen LogP contribution in [0.5, 0.6) is 5.75 Å². The van der Waals surface area contributed by atoms with Crippen LogP contribution in [0.15, 0.2) is 60.9 Å². The van der Waals surface area contributed by atoms with Crippen molar-refractivity contribution >= 4 is 23.6 Å². The van der Waals surface area contributed by atoms with Crippen LogP contribution in [0.25, 0.3) is 11.1 Å². The summed E-state index contributed by atoms with van der Waals surface area (Å²) in [5.41, 5.74) is 6.78. The Kier molecular flexibility index (Phi) is 10.0. The van der Waals surface area contributed by atoms with Crippen LogP contribution in [0.1, 0.15) is 45.0 Å². The predicted molar refractivity (Wildman–Crippen MR) is 147 cm³/mol. The number of carbonyl (C=O) groups excluding carboxylic acids is 2.